The summed E-state index contributed by atoms with van der Waals surface area (Å²) in [6.45, 7) is 0.525. The third-order valence-corrected chi connectivity index (χ3v) is 4.26. The Morgan fingerprint density at radius 1 is 1.39 bits per heavy atom. The Bertz CT molecular complexity index is 602. The second kappa shape index (κ2) is 4.54. The van der Waals surface area contributed by atoms with Crippen molar-refractivity contribution in [1.29, 1.82) is 0 Å². The monoisotopic (exact) mass is 271 g/mol. The lowest BCUT2D eigenvalue weighted by molar-refractivity contribution is -0.127. The van der Waals surface area contributed by atoms with Crippen LogP contribution in [0.2, 0.25) is 0 Å². The van der Waals surface area contributed by atoms with E-state index in [4.69, 9.17) is 0 Å². The predicted molar refractivity (Wildman–Crippen MR) is 63.4 cm³/mol. The molecular weight excluding hydrogens is 258 g/mol. The number of carbonyl (C=O) groups excluding carboxylic acids is 1. The Hall–Kier alpha value is -1.67. The van der Waals surface area contributed by atoms with Crippen LogP contribution < -0.4 is 10.3 Å². The molecule has 1 aliphatic rings. The minimum atomic E-state index is -3.78. The fourth-order valence-electron chi connectivity index (χ4n) is 1.75. The van der Waals surface area contributed by atoms with E-state index in [1.807, 2.05) is 0 Å². The van der Waals surface area contributed by atoms with E-state index in [0.29, 0.717) is 13.0 Å². The van der Waals surface area contributed by atoms with Crippen LogP contribution in [-0.2, 0) is 14.8 Å². The Labute approximate surface area is 104 Å². The van der Waals surface area contributed by atoms with Crippen molar-refractivity contribution in [3.8, 4) is 0 Å². The van der Waals surface area contributed by atoms with Crippen molar-refractivity contribution in [2.75, 3.05) is 13.6 Å². The highest BCUT2D eigenvalue weighted by Gasteiger charge is 2.32. The molecule has 18 heavy (non-hydrogen) atoms. The first-order valence-corrected chi connectivity index (χ1v) is 6.84. The quantitative estimate of drug-likeness (QED) is 0.727. The van der Waals surface area contributed by atoms with Crippen LogP contribution in [0.3, 0.4) is 0 Å². The number of amides is 1. The van der Waals surface area contributed by atoms with Gasteiger partial charge in [0.1, 0.15) is 6.04 Å². The first-order chi connectivity index (χ1) is 8.40. The van der Waals surface area contributed by atoms with Gasteiger partial charge in [-0.1, -0.05) is 0 Å². The topological polar surface area (TPSA) is 99.3 Å². The lowest BCUT2D eigenvalue weighted by Gasteiger charge is -2.12. The molecule has 1 fully saturated rings. The van der Waals surface area contributed by atoms with Crippen molar-refractivity contribution in [2.45, 2.75) is 17.4 Å². The van der Waals surface area contributed by atoms with Crippen molar-refractivity contribution >= 4 is 15.9 Å². The molecule has 1 saturated heterocycles. The van der Waals surface area contributed by atoms with Gasteiger partial charge in [-0.2, -0.15) is 4.72 Å². The van der Waals surface area contributed by atoms with Gasteiger partial charge >= 0.3 is 0 Å². The number of sulfonamides is 1. The number of hydrogen-bond acceptors (Lipinski definition) is 4. The molecule has 1 atom stereocenters. The van der Waals surface area contributed by atoms with Crippen LogP contribution in [0.15, 0.2) is 28.0 Å². The number of likely N-dealkylation sites (N-methyl/N-ethyl adjacent to an activating group) is 1. The van der Waals surface area contributed by atoms with Gasteiger partial charge in [0, 0.05) is 25.9 Å². The zero-order chi connectivity index (χ0) is 13.3. The number of rotatable bonds is 3. The van der Waals surface area contributed by atoms with Crippen LogP contribution in [0.1, 0.15) is 6.42 Å². The molecule has 0 radical (unpaired) electrons. The van der Waals surface area contributed by atoms with Gasteiger partial charge < -0.3 is 9.88 Å². The van der Waals surface area contributed by atoms with E-state index in [1.165, 1.54) is 11.0 Å². The van der Waals surface area contributed by atoms with Gasteiger partial charge in [-0.3, -0.25) is 9.59 Å². The van der Waals surface area contributed by atoms with E-state index in [0.717, 1.165) is 12.3 Å². The Morgan fingerprint density at radius 3 is 2.61 bits per heavy atom. The molecule has 1 aliphatic heterocycles. The normalized spacial score (nSPS) is 20.4. The highest BCUT2D eigenvalue weighted by molar-refractivity contribution is 7.89. The second-order valence-electron chi connectivity index (χ2n) is 4.11. The lowest BCUT2D eigenvalue weighted by atomic mass is 10.3. The highest BCUT2D eigenvalue weighted by Crippen LogP contribution is 2.12. The summed E-state index contributed by atoms with van der Waals surface area (Å²) in [5.41, 5.74) is -0.384. The molecule has 1 amide bonds. The summed E-state index contributed by atoms with van der Waals surface area (Å²) in [5.74, 6) is -0.247. The van der Waals surface area contributed by atoms with Gasteiger partial charge in [0.2, 0.25) is 21.5 Å². The molecule has 0 bridgehead atoms. The molecule has 98 valence electrons. The Balaban J connectivity index is 2.20. The maximum atomic E-state index is 11.9. The van der Waals surface area contributed by atoms with E-state index >= 15 is 0 Å². The third-order valence-electron chi connectivity index (χ3n) is 2.79. The van der Waals surface area contributed by atoms with Gasteiger partial charge in [-0.05, 0) is 12.5 Å². The van der Waals surface area contributed by atoms with Crippen molar-refractivity contribution in [2.24, 2.45) is 0 Å². The zero-order valence-corrected chi connectivity index (χ0v) is 10.5. The first kappa shape index (κ1) is 12.8. The molecule has 8 heteroatoms. The minimum absolute atomic E-state index is 0.0653. The Morgan fingerprint density at radius 2 is 2.11 bits per heavy atom. The fourth-order valence-corrected chi connectivity index (χ4v) is 2.94. The molecule has 7 nitrogen and oxygen atoms in total. The molecule has 1 unspecified atom stereocenters. The maximum Gasteiger partial charge on any atom is 0.247 e. The number of H-pyrrole nitrogens is 1. The third kappa shape index (κ3) is 2.44. The molecule has 2 N–H and O–H groups in total. The van der Waals surface area contributed by atoms with Crippen LogP contribution in [0.5, 0.6) is 0 Å². The summed E-state index contributed by atoms with van der Waals surface area (Å²) in [6.07, 6.45) is 1.55. The number of hydrogen-bond donors (Lipinski definition) is 2. The Kier molecular flexibility index (Phi) is 3.22. The molecule has 0 aliphatic carbocycles. The largest absolute Gasteiger partial charge is 0.344 e. The van der Waals surface area contributed by atoms with E-state index in [-0.39, 0.29) is 16.4 Å². The summed E-state index contributed by atoms with van der Waals surface area (Å²) < 4.78 is 26.2. The summed E-state index contributed by atoms with van der Waals surface area (Å²) in [6, 6.07) is 1.59. The predicted octanol–water partition coefficient (Wildman–Crippen LogP) is -1.12. The van der Waals surface area contributed by atoms with E-state index in [2.05, 4.69) is 9.71 Å². The summed E-state index contributed by atoms with van der Waals surface area (Å²) in [7, 11) is -2.16. The van der Waals surface area contributed by atoms with Crippen molar-refractivity contribution in [3.63, 3.8) is 0 Å². The number of carbonyl (C=O) groups is 1. The molecule has 2 rings (SSSR count). The average molecular weight is 271 g/mol. The van der Waals surface area contributed by atoms with Crippen LogP contribution in [0.25, 0.3) is 0 Å². The van der Waals surface area contributed by atoms with Gasteiger partial charge in [-0.25, -0.2) is 8.42 Å². The van der Waals surface area contributed by atoms with Crippen LogP contribution >= 0.6 is 0 Å². The van der Waals surface area contributed by atoms with E-state index in [9.17, 15) is 18.0 Å². The molecule has 1 aromatic heterocycles. The standard InChI is InChI=1S/C10H13N3O4S/c1-13-5-4-8(10(13)15)12-18(16,17)7-2-3-9(14)11-6-7/h2-3,6,8,12H,4-5H2,1H3,(H,11,14). The first-order valence-electron chi connectivity index (χ1n) is 5.36. The second-order valence-corrected chi connectivity index (χ2v) is 5.82. The maximum absolute atomic E-state index is 11.9. The summed E-state index contributed by atoms with van der Waals surface area (Å²) in [5, 5.41) is 0. The molecule has 0 spiro atoms. The van der Waals surface area contributed by atoms with Gasteiger partial charge in [0.05, 0.1) is 4.90 Å². The molecule has 0 aromatic carbocycles. The number of likely N-dealkylation sites (tertiary alicyclic amines) is 1. The fraction of sp³-hybridized carbons (Fsp3) is 0.400. The van der Waals surface area contributed by atoms with Gasteiger partial charge in [0.25, 0.3) is 0 Å². The summed E-state index contributed by atoms with van der Waals surface area (Å²) >= 11 is 0. The SMILES string of the molecule is CN1CCC(NS(=O)(=O)c2ccc(=O)[nH]c2)C1=O. The van der Waals surface area contributed by atoms with E-state index in [1.54, 1.807) is 7.05 Å². The number of nitrogens with one attached hydrogen (secondary N) is 2. The van der Waals surface area contributed by atoms with E-state index < -0.39 is 16.1 Å². The molecule has 0 saturated carbocycles. The number of pyridine rings is 1. The molecule has 2 heterocycles. The number of aromatic amines is 1. The van der Waals surface area contributed by atoms with Crippen molar-refractivity contribution in [3.05, 3.63) is 28.7 Å². The summed E-state index contributed by atoms with van der Waals surface area (Å²) in [4.78, 5) is 26.2. The van der Waals surface area contributed by atoms with Gasteiger partial charge in [0.15, 0.2) is 0 Å². The van der Waals surface area contributed by atoms with Crippen LogP contribution in [0.4, 0.5) is 0 Å². The number of aromatic nitrogens is 1. The minimum Gasteiger partial charge on any atom is -0.344 e. The van der Waals surface area contributed by atoms with Crippen molar-refractivity contribution < 1.29 is 13.2 Å². The average Bonchev–Trinajstić information content (AvgIpc) is 2.61. The van der Waals surface area contributed by atoms with Crippen LogP contribution in [0, 0.1) is 0 Å². The molecule has 1 aromatic rings. The highest BCUT2D eigenvalue weighted by atomic mass is 32.2. The van der Waals surface area contributed by atoms with Crippen LogP contribution in [-0.4, -0.2) is 43.8 Å². The van der Waals surface area contributed by atoms with Gasteiger partial charge in [-0.15, -0.1) is 0 Å². The number of nitrogens with zero attached hydrogens (tertiary/aromatic N) is 1. The lowest BCUT2D eigenvalue weighted by Crippen LogP contribution is -2.40. The van der Waals surface area contributed by atoms with Crippen molar-refractivity contribution in [1.82, 2.24) is 14.6 Å². The smallest absolute Gasteiger partial charge is 0.247 e. The zero-order valence-electron chi connectivity index (χ0n) is 9.71. The molecular formula is C10H13N3O4S.